The molecule has 31 heavy (non-hydrogen) atoms. The normalized spacial score (nSPS) is 10.6. The molecule has 0 unspecified atom stereocenters. The van der Waals surface area contributed by atoms with Crippen molar-refractivity contribution in [2.24, 2.45) is 0 Å². The van der Waals surface area contributed by atoms with Crippen LogP contribution in [0.1, 0.15) is 17.3 Å². The summed E-state index contributed by atoms with van der Waals surface area (Å²) < 4.78 is 12.2. The first-order valence-corrected chi connectivity index (χ1v) is 10.6. The number of aromatic nitrogens is 4. The number of carbonyl (C=O) groups is 2. The van der Waals surface area contributed by atoms with Crippen LogP contribution in [0, 0.1) is 0 Å². The van der Waals surface area contributed by atoms with Gasteiger partial charge < -0.3 is 14.8 Å². The van der Waals surface area contributed by atoms with Crippen molar-refractivity contribution in [3.8, 4) is 11.4 Å². The van der Waals surface area contributed by atoms with Gasteiger partial charge in [0.25, 0.3) is 0 Å². The molecule has 1 N–H and O–H groups in total. The van der Waals surface area contributed by atoms with Gasteiger partial charge in [-0.1, -0.05) is 23.9 Å². The number of carbonyl (C=O) groups excluding carboxylic acids is 2. The Balaban J connectivity index is 1.71. The molecule has 162 valence electrons. The number of thioether (sulfide) groups is 1. The second-order valence-electron chi connectivity index (χ2n) is 6.29. The molecular formula is C21H23N5O4S. The summed E-state index contributed by atoms with van der Waals surface area (Å²) in [6.07, 6.45) is 3.37. The first-order chi connectivity index (χ1) is 15.1. The molecule has 9 nitrogen and oxygen atoms in total. The molecule has 10 heteroatoms. The van der Waals surface area contributed by atoms with Gasteiger partial charge in [0.2, 0.25) is 5.91 Å². The van der Waals surface area contributed by atoms with Crippen LogP contribution in [-0.4, -0.2) is 57.7 Å². The summed E-state index contributed by atoms with van der Waals surface area (Å²) in [5.41, 5.74) is 1.59. The molecule has 1 aromatic carbocycles. The fourth-order valence-electron chi connectivity index (χ4n) is 2.79. The van der Waals surface area contributed by atoms with Gasteiger partial charge in [-0.25, -0.2) is 4.79 Å². The van der Waals surface area contributed by atoms with Gasteiger partial charge in [-0.15, -0.1) is 10.2 Å². The van der Waals surface area contributed by atoms with E-state index in [0.717, 1.165) is 5.56 Å². The second-order valence-corrected chi connectivity index (χ2v) is 7.23. The van der Waals surface area contributed by atoms with Gasteiger partial charge in [0.05, 0.1) is 36.8 Å². The molecule has 0 radical (unpaired) electrons. The van der Waals surface area contributed by atoms with Crippen LogP contribution < -0.4 is 5.32 Å². The maximum atomic E-state index is 12.5. The van der Waals surface area contributed by atoms with Crippen LogP contribution in [-0.2, 0) is 20.8 Å². The lowest BCUT2D eigenvalue weighted by molar-refractivity contribution is -0.113. The molecule has 0 saturated heterocycles. The lowest BCUT2D eigenvalue weighted by Crippen LogP contribution is -2.18. The first-order valence-electron chi connectivity index (χ1n) is 9.65. The van der Waals surface area contributed by atoms with E-state index in [-0.39, 0.29) is 18.3 Å². The minimum absolute atomic E-state index is 0.0959. The number of ether oxygens (including phenoxy) is 2. The van der Waals surface area contributed by atoms with Gasteiger partial charge in [-0.2, -0.15) is 0 Å². The largest absolute Gasteiger partial charge is 0.462 e. The summed E-state index contributed by atoms with van der Waals surface area (Å²) in [6.45, 7) is 3.00. The van der Waals surface area contributed by atoms with E-state index in [0.29, 0.717) is 35.4 Å². The molecule has 3 rings (SSSR count). The predicted molar refractivity (Wildman–Crippen MR) is 117 cm³/mol. The third kappa shape index (κ3) is 5.89. The number of nitrogens with one attached hydrogen (secondary N) is 1. The number of nitrogens with zero attached hydrogens (tertiary/aromatic N) is 4. The van der Waals surface area contributed by atoms with Gasteiger partial charge in [-0.05, 0) is 31.2 Å². The summed E-state index contributed by atoms with van der Waals surface area (Å²) in [5.74, 6) is 0.0226. The Morgan fingerprint density at radius 2 is 1.90 bits per heavy atom. The van der Waals surface area contributed by atoms with E-state index in [1.807, 2.05) is 16.7 Å². The number of para-hydroxylation sites is 1. The highest BCUT2D eigenvalue weighted by Gasteiger charge is 2.17. The van der Waals surface area contributed by atoms with Crippen LogP contribution in [0.2, 0.25) is 0 Å². The third-order valence-electron chi connectivity index (χ3n) is 4.20. The summed E-state index contributed by atoms with van der Waals surface area (Å²) >= 11 is 1.25. The zero-order chi connectivity index (χ0) is 22.1. The monoisotopic (exact) mass is 441 g/mol. The highest BCUT2D eigenvalue weighted by molar-refractivity contribution is 7.99. The Morgan fingerprint density at radius 1 is 1.13 bits per heavy atom. The number of methoxy groups -OCH3 is 1. The van der Waals surface area contributed by atoms with Gasteiger partial charge in [0.15, 0.2) is 11.0 Å². The summed E-state index contributed by atoms with van der Waals surface area (Å²) in [4.78, 5) is 28.7. The Kier molecular flexibility index (Phi) is 8.13. The molecule has 2 heterocycles. The van der Waals surface area contributed by atoms with Crippen molar-refractivity contribution in [1.29, 1.82) is 0 Å². The number of amides is 1. The quantitative estimate of drug-likeness (QED) is 0.378. The number of pyridine rings is 1. The molecule has 2 aromatic heterocycles. The summed E-state index contributed by atoms with van der Waals surface area (Å²) in [5, 5.41) is 11.9. The standard InChI is InChI=1S/C21H23N5O4S/c1-3-30-20(28)16-6-4-5-7-17(16)23-18(27)14-31-21-25-24-19(26(21)12-13-29-2)15-8-10-22-11-9-15/h4-11H,3,12-14H2,1-2H3,(H,23,27). The van der Waals surface area contributed by atoms with Crippen molar-refractivity contribution in [2.45, 2.75) is 18.6 Å². The van der Waals surface area contributed by atoms with Crippen molar-refractivity contribution >= 4 is 29.3 Å². The second kappa shape index (κ2) is 11.2. The van der Waals surface area contributed by atoms with E-state index in [9.17, 15) is 9.59 Å². The number of hydrogen-bond donors (Lipinski definition) is 1. The topological polar surface area (TPSA) is 108 Å². The van der Waals surface area contributed by atoms with Gasteiger partial charge in [0, 0.05) is 25.1 Å². The zero-order valence-electron chi connectivity index (χ0n) is 17.3. The SMILES string of the molecule is CCOC(=O)c1ccccc1NC(=O)CSc1nnc(-c2ccncc2)n1CCOC. The van der Waals surface area contributed by atoms with E-state index in [1.54, 1.807) is 50.7 Å². The Labute approximate surface area is 184 Å². The number of hydrogen-bond acceptors (Lipinski definition) is 8. The molecule has 0 spiro atoms. The average Bonchev–Trinajstić information content (AvgIpc) is 3.20. The Bertz CT molecular complexity index is 1030. The highest BCUT2D eigenvalue weighted by atomic mass is 32.2. The number of esters is 1. The molecule has 3 aromatic rings. The average molecular weight is 442 g/mol. The first kappa shape index (κ1) is 22.4. The molecule has 0 saturated carbocycles. The van der Waals surface area contributed by atoms with Crippen LogP contribution in [0.15, 0.2) is 53.9 Å². The summed E-state index contributed by atoms with van der Waals surface area (Å²) in [6, 6.07) is 10.4. The van der Waals surface area contributed by atoms with E-state index < -0.39 is 5.97 Å². The minimum atomic E-state index is -0.479. The molecular weight excluding hydrogens is 418 g/mol. The zero-order valence-corrected chi connectivity index (χ0v) is 18.1. The van der Waals surface area contributed by atoms with Crippen LogP contribution in [0.3, 0.4) is 0 Å². The lowest BCUT2D eigenvalue weighted by atomic mass is 10.2. The minimum Gasteiger partial charge on any atom is -0.462 e. The van der Waals surface area contributed by atoms with Crippen molar-refractivity contribution in [3.63, 3.8) is 0 Å². The van der Waals surface area contributed by atoms with Gasteiger partial charge in [-0.3, -0.25) is 14.3 Å². The number of anilines is 1. The number of rotatable bonds is 10. The van der Waals surface area contributed by atoms with E-state index in [1.165, 1.54) is 11.8 Å². The highest BCUT2D eigenvalue weighted by Crippen LogP contribution is 2.24. The summed E-state index contributed by atoms with van der Waals surface area (Å²) in [7, 11) is 1.62. The van der Waals surface area contributed by atoms with Crippen molar-refractivity contribution in [2.75, 3.05) is 31.4 Å². The molecule has 0 aliphatic carbocycles. The molecule has 0 aliphatic rings. The Hall–Kier alpha value is -3.24. The van der Waals surface area contributed by atoms with Gasteiger partial charge >= 0.3 is 5.97 Å². The van der Waals surface area contributed by atoms with E-state index in [4.69, 9.17) is 9.47 Å². The van der Waals surface area contributed by atoms with Crippen molar-refractivity contribution in [3.05, 3.63) is 54.4 Å². The fraction of sp³-hybridized carbons (Fsp3) is 0.286. The molecule has 1 amide bonds. The van der Waals surface area contributed by atoms with Gasteiger partial charge in [0.1, 0.15) is 0 Å². The maximum Gasteiger partial charge on any atom is 0.340 e. The smallest absolute Gasteiger partial charge is 0.340 e. The van der Waals surface area contributed by atoms with Crippen LogP contribution >= 0.6 is 11.8 Å². The molecule has 0 aliphatic heterocycles. The van der Waals surface area contributed by atoms with E-state index >= 15 is 0 Å². The van der Waals surface area contributed by atoms with Crippen molar-refractivity contribution in [1.82, 2.24) is 19.7 Å². The maximum absolute atomic E-state index is 12.5. The Morgan fingerprint density at radius 3 is 2.65 bits per heavy atom. The molecule has 0 bridgehead atoms. The lowest BCUT2D eigenvalue weighted by Gasteiger charge is -2.11. The fourth-order valence-corrected chi connectivity index (χ4v) is 3.55. The van der Waals surface area contributed by atoms with Crippen molar-refractivity contribution < 1.29 is 19.1 Å². The third-order valence-corrected chi connectivity index (χ3v) is 5.17. The number of benzene rings is 1. The molecule has 0 fully saturated rings. The van der Waals surface area contributed by atoms with Crippen LogP contribution in [0.25, 0.3) is 11.4 Å². The van der Waals surface area contributed by atoms with E-state index in [2.05, 4.69) is 20.5 Å². The van der Waals surface area contributed by atoms with Crippen LogP contribution in [0.5, 0.6) is 0 Å². The predicted octanol–water partition coefficient (Wildman–Crippen LogP) is 2.89. The molecule has 0 atom stereocenters. The van der Waals surface area contributed by atoms with Crippen LogP contribution in [0.4, 0.5) is 5.69 Å².